The van der Waals surface area contributed by atoms with Gasteiger partial charge in [0.2, 0.25) is 0 Å². The fourth-order valence-corrected chi connectivity index (χ4v) is 10.5. The molecule has 0 radical (unpaired) electrons. The molecule has 0 unspecified atom stereocenters. The van der Waals surface area contributed by atoms with Gasteiger partial charge >= 0.3 is 0 Å². The van der Waals surface area contributed by atoms with E-state index < -0.39 is 0 Å². The van der Waals surface area contributed by atoms with E-state index in [1.54, 1.807) is 78.1 Å². The summed E-state index contributed by atoms with van der Waals surface area (Å²) in [6.07, 6.45) is 0. The second-order valence-electron chi connectivity index (χ2n) is 14.5. The van der Waals surface area contributed by atoms with Crippen molar-refractivity contribution >= 4 is 129 Å². The maximum Gasteiger partial charge on any atom is 0.153 e. The van der Waals surface area contributed by atoms with Crippen LogP contribution in [0.1, 0.15) is 116 Å². The molecule has 0 amide bonds. The van der Waals surface area contributed by atoms with Crippen LogP contribution in [0, 0.1) is 76.4 Å². The molecule has 0 bridgehead atoms. The van der Waals surface area contributed by atoms with Crippen molar-refractivity contribution in [1.82, 2.24) is 29.9 Å². The number of benzene rings is 6. The highest BCUT2D eigenvalue weighted by Crippen LogP contribution is 2.27. The fraction of sp³-hybridized carbons (Fsp3) is 0.300. The van der Waals surface area contributed by atoms with Crippen LogP contribution in [-0.4, -0.2) is 29.9 Å². The molecule has 12 rings (SSSR count). The number of aryl methyl sites for hydroxylation is 6. The second-order valence-corrected chi connectivity index (χ2v) is 19.7. The summed E-state index contributed by atoms with van der Waals surface area (Å²) >= 11 is 8.54. The third-order valence-corrected chi connectivity index (χ3v) is 14.6. The van der Waals surface area contributed by atoms with Crippen LogP contribution >= 0.6 is 68.0 Å². The van der Waals surface area contributed by atoms with E-state index >= 15 is 0 Å². The van der Waals surface area contributed by atoms with E-state index in [-0.39, 0.29) is 34.9 Å². The van der Waals surface area contributed by atoms with Crippen LogP contribution in [0.4, 0.5) is 26.3 Å². The average molecular weight is 1180 g/mol. The largest absolute Gasteiger partial charge is 0.245 e. The van der Waals surface area contributed by atoms with Crippen molar-refractivity contribution in [3.63, 3.8) is 0 Å². The summed E-state index contributed by atoms with van der Waals surface area (Å²) in [6.45, 7) is 34.9. The Hall–Kier alpha value is -5.76. The minimum Gasteiger partial charge on any atom is -0.245 e. The van der Waals surface area contributed by atoms with Gasteiger partial charge in [0.15, 0.2) is 11.6 Å². The van der Waals surface area contributed by atoms with Gasteiger partial charge in [-0.05, 0) is 130 Å². The Labute approximate surface area is 481 Å². The molecule has 0 aliphatic carbocycles. The van der Waals surface area contributed by atoms with Gasteiger partial charge in [-0.25, -0.2) is 56.2 Å². The van der Waals surface area contributed by atoms with Gasteiger partial charge in [-0.3, -0.25) is 0 Å². The Morgan fingerprint density at radius 1 is 0.282 bits per heavy atom. The first kappa shape index (κ1) is 70.3. The van der Waals surface area contributed by atoms with Crippen LogP contribution in [-0.2, 0) is 0 Å². The van der Waals surface area contributed by atoms with Crippen molar-refractivity contribution in [2.45, 2.75) is 125 Å². The van der Waals surface area contributed by atoms with Gasteiger partial charge in [-0.1, -0.05) is 101 Å². The Bertz CT molecular complexity index is 3350. The second kappa shape index (κ2) is 37.9. The Balaban J connectivity index is 0.000000450. The molecule has 0 aliphatic rings. The van der Waals surface area contributed by atoms with Gasteiger partial charge in [0.1, 0.15) is 39.8 Å². The molecule has 0 aliphatic heterocycles. The topological polar surface area (TPSA) is 77.3 Å². The summed E-state index contributed by atoms with van der Waals surface area (Å²) in [7, 11) is 0. The van der Waals surface area contributed by atoms with Gasteiger partial charge < -0.3 is 0 Å². The molecule has 18 heteroatoms. The molecule has 12 aromatic rings. The third-order valence-electron chi connectivity index (χ3n) is 9.57. The SMILES string of the molecule is CC.CC.CC.CC.CC.CC.Cc1cc(F)c2ncsc2c1.Cc1cc(F)c2scnc2c1.Cc1cc2ncsc2cc1F.Cc1ccc(F)c2ncsc12.Cc1ccc2ncsc2c1F.Cc1ccc2scnc2c1F. The van der Waals surface area contributed by atoms with Gasteiger partial charge in [0.25, 0.3) is 0 Å². The first-order valence-corrected chi connectivity index (χ1v) is 30.9. The molecular formula is C60H72F6N6S6. The number of hydrogen-bond donors (Lipinski definition) is 0. The predicted octanol–water partition coefficient (Wildman–Crippen LogP) is 22.6. The monoisotopic (exact) mass is 1180 g/mol. The Kier molecular flexibility index (Phi) is 34.2. The molecule has 0 atom stereocenters. The smallest absolute Gasteiger partial charge is 0.153 e. The lowest BCUT2D eigenvalue weighted by Crippen LogP contribution is -1.82. The first-order chi connectivity index (χ1) is 37.7. The van der Waals surface area contributed by atoms with Crippen molar-refractivity contribution in [3.05, 3.63) is 174 Å². The zero-order valence-electron chi connectivity index (χ0n) is 47.8. The van der Waals surface area contributed by atoms with Gasteiger partial charge in [0, 0.05) is 0 Å². The average Bonchev–Trinajstić information content (AvgIpc) is 4.34. The van der Waals surface area contributed by atoms with Crippen LogP contribution in [0.25, 0.3) is 61.3 Å². The lowest BCUT2D eigenvalue weighted by atomic mass is 10.2. The molecule has 420 valence electrons. The number of halogens is 6. The van der Waals surface area contributed by atoms with E-state index in [0.717, 1.165) is 52.0 Å². The van der Waals surface area contributed by atoms with E-state index in [1.165, 1.54) is 92.3 Å². The molecule has 78 heavy (non-hydrogen) atoms. The van der Waals surface area contributed by atoms with E-state index in [2.05, 4.69) is 29.9 Å². The summed E-state index contributed by atoms with van der Waals surface area (Å²) < 4.78 is 83.3. The van der Waals surface area contributed by atoms with E-state index in [1.807, 2.05) is 128 Å². The minimum absolute atomic E-state index is 0.134. The Morgan fingerprint density at radius 2 is 0.744 bits per heavy atom. The molecule has 6 aromatic heterocycles. The number of aromatic nitrogens is 6. The van der Waals surface area contributed by atoms with Gasteiger partial charge in [-0.2, -0.15) is 0 Å². The molecule has 0 fully saturated rings. The summed E-state index contributed by atoms with van der Waals surface area (Å²) in [5.74, 6) is -1.09. The molecule has 6 heterocycles. The predicted molar refractivity (Wildman–Crippen MR) is 334 cm³/mol. The molecular weight excluding hydrogens is 1110 g/mol. The molecule has 6 aromatic carbocycles. The van der Waals surface area contributed by atoms with Crippen LogP contribution in [0.2, 0.25) is 0 Å². The van der Waals surface area contributed by atoms with E-state index in [9.17, 15) is 26.3 Å². The zero-order chi connectivity index (χ0) is 59.1. The molecule has 6 nitrogen and oxygen atoms in total. The molecule has 0 spiro atoms. The van der Waals surface area contributed by atoms with Gasteiger partial charge in [-0.15, -0.1) is 68.0 Å². The summed E-state index contributed by atoms with van der Waals surface area (Å²) in [6, 6.07) is 20.6. The lowest BCUT2D eigenvalue weighted by Gasteiger charge is -1.94. The van der Waals surface area contributed by atoms with Crippen LogP contribution in [0.3, 0.4) is 0 Å². The third kappa shape index (κ3) is 20.2. The standard InChI is InChI=1S/6C8H6FNS.6C2H6/c1-5-2-7-8(3-6(5)9)11-4-10-7;1-5-2-6(9)8-7(3-5)11-4-10-8;1-5-2-6(9)8-7(3-5)10-4-11-8;1-5-2-3-6(9)7-8(5)11-4-10-7;1-5-2-3-6-8(7(5)9)10-4-11-6;1-5-2-3-6-8(7(5)9)11-4-10-6;6*1-2/h6*2-4H,1H3;6*1-2H3. The highest BCUT2D eigenvalue weighted by Gasteiger charge is 2.08. The normalized spacial score (nSPS) is 9.54. The fourth-order valence-electron chi connectivity index (χ4n) is 6.14. The molecule has 0 saturated carbocycles. The van der Waals surface area contributed by atoms with Crippen molar-refractivity contribution in [3.8, 4) is 0 Å². The zero-order valence-corrected chi connectivity index (χ0v) is 52.7. The minimum atomic E-state index is -0.230. The van der Waals surface area contributed by atoms with Crippen molar-refractivity contribution in [2.75, 3.05) is 0 Å². The van der Waals surface area contributed by atoms with Crippen molar-refractivity contribution in [2.24, 2.45) is 0 Å². The van der Waals surface area contributed by atoms with Crippen molar-refractivity contribution in [1.29, 1.82) is 0 Å². The number of nitrogens with zero attached hydrogens (tertiary/aromatic N) is 6. The van der Waals surface area contributed by atoms with E-state index in [4.69, 9.17) is 0 Å². The number of rotatable bonds is 0. The molecule has 0 N–H and O–H groups in total. The summed E-state index contributed by atoms with van der Waals surface area (Å²) in [5.41, 5.74) is 18.8. The Morgan fingerprint density at radius 3 is 1.40 bits per heavy atom. The van der Waals surface area contributed by atoms with Crippen LogP contribution < -0.4 is 0 Å². The van der Waals surface area contributed by atoms with E-state index in [0.29, 0.717) is 42.6 Å². The first-order valence-electron chi connectivity index (χ1n) is 25.6. The highest BCUT2D eigenvalue weighted by atomic mass is 32.1. The lowest BCUT2D eigenvalue weighted by molar-refractivity contribution is 0.620. The number of thiazole rings is 6. The van der Waals surface area contributed by atoms with Crippen LogP contribution in [0.5, 0.6) is 0 Å². The summed E-state index contributed by atoms with van der Waals surface area (Å²) in [5, 5.41) is 0. The maximum absolute atomic E-state index is 13.2. The maximum atomic E-state index is 13.2. The van der Waals surface area contributed by atoms with Crippen molar-refractivity contribution < 1.29 is 26.3 Å². The van der Waals surface area contributed by atoms with Crippen LogP contribution in [0.15, 0.2) is 106 Å². The van der Waals surface area contributed by atoms with Gasteiger partial charge in [0.05, 0.1) is 77.8 Å². The molecule has 0 saturated heterocycles. The quantitative estimate of drug-likeness (QED) is 0.141. The summed E-state index contributed by atoms with van der Waals surface area (Å²) in [4.78, 5) is 23.8. The number of fused-ring (bicyclic) bond motifs is 6. The highest BCUT2D eigenvalue weighted by molar-refractivity contribution is 7.18. The number of hydrogen-bond acceptors (Lipinski definition) is 12.